The summed E-state index contributed by atoms with van der Waals surface area (Å²) >= 11 is 3.20. The maximum absolute atomic E-state index is 13.9. The number of hydrogen-bond donors (Lipinski definition) is 2. The molecule has 30 heavy (non-hydrogen) atoms. The Bertz CT molecular complexity index is 1090. The van der Waals surface area contributed by atoms with Gasteiger partial charge in [-0.3, -0.25) is 10.3 Å². The lowest BCUT2D eigenvalue weighted by molar-refractivity contribution is 0.118. The Hall–Kier alpha value is -3.61. The Balaban J connectivity index is 1.75. The molecule has 0 aliphatic heterocycles. The molecule has 0 saturated carbocycles. The Morgan fingerprint density at radius 1 is 1.30 bits per heavy atom. The van der Waals surface area contributed by atoms with Crippen molar-refractivity contribution in [1.82, 2.24) is 25.0 Å². The third-order valence-corrected chi connectivity index (χ3v) is 4.23. The van der Waals surface area contributed by atoms with Gasteiger partial charge in [0.15, 0.2) is 17.3 Å². The molecule has 3 rings (SSSR count). The number of halogens is 2. The van der Waals surface area contributed by atoms with E-state index in [9.17, 15) is 14.0 Å². The number of rotatable bonds is 5. The van der Waals surface area contributed by atoms with E-state index in [1.165, 1.54) is 42.2 Å². The van der Waals surface area contributed by atoms with Crippen molar-refractivity contribution in [3.05, 3.63) is 46.6 Å². The van der Waals surface area contributed by atoms with Gasteiger partial charge in [0, 0.05) is 23.3 Å². The normalized spacial score (nSPS) is 11.6. The van der Waals surface area contributed by atoms with E-state index in [0.717, 1.165) is 0 Å². The second-order valence-corrected chi connectivity index (χ2v) is 6.83. The number of amides is 2. The molecule has 0 aromatic carbocycles. The van der Waals surface area contributed by atoms with E-state index in [0.29, 0.717) is 10.2 Å². The summed E-state index contributed by atoms with van der Waals surface area (Å²) in [6.45, 7) is 1.51. The lowest BCUT2D eigenvalue weighted by atomic mass is 10.2. The summed E-state index contributed by atoms with van der Waals surface area (Å²) < 4.78 is 25.7. The van der Waals surface area contributed by atoms with Gasteiger partial charge in [0.2, 0.25) is 5.95 Å². The summed E-state index contributed by atoms with van der Waals surface area (Å²) in [6, 6.07) is 4.43. The van der Waals surface area contributed by atoms with Crippen LogP contribution in [0.4, 0.5) is 19.8 Å². The minimum absolute atomic E-state index is 0.106. The maximum atomic E-state index is 13.9. The first kappa shape index (κ1) is 21.1. The van der Waals surface area contributed by atoms with Crippen LogP contribution >= 0.6 is 15.9 Å². The van der Waals surface area contributed by atoms with Crippen LogP contribution in [-0.2, 0) is 11.8 Å². The number of nitrogens with zero attached hydrogens (tertiary/aromatic N) is 5. The average Bonchev–Trinajstić information content (AvgIpc) is 3.04. The molecule has 0 radical (unpaired) electrons. The summed E-state index contributed by atoms with van der Waals surface area (Å²) in [5.41, 5.74) is 5.63. The molecule has 0 saturated heterocycles. The van der Waals surface area contributed by atoms with Gasteiger partial charge in [-0.05, 0) is 41.1 Å². The van der Waals surface area contributed by atoms with Gasteiger partial charge in [-0.15, -0.1) is 5.10 Å². The van der Waals surface area contributed by atoms with Crippen LogP contribution < -0.4 is 15.8 Å². The Labute approximate surface area is 177 Å². The van der Waals surface area contributed by atoms with Crippen molar-refractivity contribution >= 4 is 33.9 Å². The highest BCUT2D eigenvalue weighted by Gasteiger charge is 2.21. The Morgan fingerprint density at radius 3 is 2.73 bits per heavy atom. The summed E-state index contributed by atoms with van der Waals surface area (Å²) in [4.78, 5) is 30.8. The second kappa shape index (κ2) is 8.82. The highest BCUT2D eigenvalue weighted by atomic mass is 79.9. The number of pyridine rings is 2. The molecule has 11 nitrogen and oxygen atoms in total. The fourth-order valence-electron chi connectivity index (χ4n) is 2.44. The lowest BCUT2D eigenvalue weighted by Crippen LogP contribution is -2.19. The van der Waals surface area contributed by atoms with Gasteiger partial charge in [-0.2, -0.15) is 4.39 Å². The van der Waals surface area contributed by atoms with Crippen LogP contribution in [0.15, 0.2) is 35.1 Å². The molecule has 2 amide bonds. The molecule has 3 aromatic rings. The number of aryl methyl sites for hydroxylation is 1. The molecule has 1 atom stereocenters. The number of hydrogen-bond acceptors (Lipinski definition) is 8. The van der Waals surface area contributed by atoms with Crippen molar-refractivity contribution in [2.45, 2.75) is 13.0 Å². The van der Waals surface area contributed by atoms with Gasteiger partial charge < -0.3 is 15.2 Å². The minimum atomic E-state index is -0.972. The molecule has 13 heteroatoms. The smallest absolute Gasteiger partial charge is 0.413 e. The molecule has 0 aliphatic rings. The van der Waals surface area contributed by atoms with Gasteiger partial charge in [0.25, 0.3) is 0 Å². The van der Waals surface area contributed by atoms with Crippen LogP contribution in [0.25, 0.3) is 11.4 Å². The quantitative estimate of drug-likeness (QED) is 0.530. The van der Waals surface area contributed by atoms with Crippen LogP contribution in [0.3, 0.4) is 0 Å². The first-order valence-corrected chi connectivity index (χ1v) is 9.16. The van der Waals surface area contributed by atoms with Crippen molar-refractivity contribution in [2.24, 2.45) is 12.8 Å². The zero-order valence-electron chi connectivity index (χ0n) is 15.7. The van der Waals surface area contributed by atoms with E-state index >= 15 is 0 Å². The number of carbonyl (C=O) groups excluding carboxylic acids is 2. The topological polar surface area (TPSA) is 147 Å². The first-order valence-electron chi connectivity index (χ1n) is 8.36. The predicted molar refractivity (Wildman–Crippen MR) is 105 cm³/mol. The maximum Gasteiger partial charge on any atom is 0.413 e. The first-order chi connectivity index (χ1) is 14.2. The van der Waals surface area contributed by atoms with Gasteiger partial charge in [-0.25, -0.2) is 19.3 Å². The highest BCUT2D eigenvalue weighted by molar-refractivity contribution is 9.10. The van der Waals surface area contributed by atoms with E-state index < -0.39 is 24.2 Å². The summed E-state index contributed by atoms with van der Waals surface area (Å²) in [7, 11) is 1.55. The third-order valence-electron chi connectivity index (χ3n) is 3.80. The molecule has 1 unspecified atom stereocenters. The number of carbonyl (C=O) groups is 2. The molecule has 156 valence electrons. The van der Waals surface area contributed by atoms with Gasteiger partial charge >= 0.3 is 12.2 Å². The van der Waals surface area contributed by atoms with Crippen LogP contribution in [0.2, 0.25) is 0 Å². The largest absolute Gasteiger partial charge is 0.441 e. The van der Waals surface area contributed by atoms with Crippen LogP contribution in [0, 0.1) is 5.95 Å². The monoisotopic (exact) mass is 479 g/mol. The average molecular weight is 480 g/mol. The second-order valence-electron chi connectivity index (χ2n) is 5.92. The van der Waals surface area contributed by atoms with E-state index in [2.05, 4.69) is 41.5 Å². The zero-order valence-corrected chi connectivity index (χ0v) is 17.3. The summed E-state index contributed by atoms with van der Waals surface area (Å²) in [5.74, 6) is -0.414. The van der Waals surface area contributed by atoms with Crippen molar-refractivity contribution in [2.75, 3.05) is 5.32 Å². The van der Waals surface area contributed by atoms with Crippen molar-refractivity contribution < 1.29 is 23.5 Å². The standard InChI is InChI=1S/C17H15BrFN7O4/c1-8(11-5-9(18)6-22-14(11)19)29-17(28)23-15-13(24-25-26(15)2)12-4-3-10(7-21-12)30-16(20)27/h3-8H,1-2H3,(H2,20,27)(H,23,28). The Morgan fingerprint density at radius 2 is 2.07 bits per heavy atom. The molecular formula is C17H15BrFN7O4. The third kappa shape index (κ3) is 4.86. The fraction of sp³-hybridized carbons (Fsp3) is 0.176. The van der Waals surface area contributed by atoms with Crippen molar-refractivity contribution in [3.8, 4) is 17.1 Å². The van der Waals surface area contributed by atoms with E-state index in [-0.39, 0.29) is 22.8 Å². The molecule has 0 fully saturated rings. The van der Waals surface area contributed by atoms with E-state index in [1.807, 2.05) is 0 Å². The van der Waals surface area contributed by atoms with E-state index in [1.54, 1.807) is 7.05 Å². The highest BCUT2D eigenvalue weighted by Crippen LogP contribution is 2.26. The SMILES string of the molecule is CC(OC(=O)Nc1c(-c2ccc(OC(N)=O)cn2)nnn1C)c1cc(Br)cnc1F. The van der Waals surface area contributed by atoms with Crippen molar-refractivity contribution in [3.63, 3.8) is 0 Å². The number of nitrogens with one attached hydrogen (secondary N) is 1. The lowest BCUT2D eigenvalue weighted by Gasteiger charge is -2.15. The van der Waals surface area contributed by atoms with Crippen LogP contribution in [0.5, 0.6) is 5.75 Å². The Kier molecular flexibility index (Phi) is 6.20. The number of anilines is 1. The predicted octanol–water partition coefficient (Wildman–Crippen LogP) is 2.94. The molecule has 0 spiro atoms. The number of ether oxygens (including phenoxy) is 2. The van der Waals surface area contributed by atoms with Gasteiger partial charge in [0.1, 0.15) is 6.10 Å². The molecular weight excluding hydrogens is 465 g/mol. The minimum Gasteiger partial charge on any atom is -0.441 e. The molecule has 0 aliphatic carbocycles. The number of nitrogens with two attached hydrogens (primary N) is 1. The van der Waals surface area contributed by atoms with Crippen molar-refractivity contribution in [1.29, 1.82) is 0 Å². The molecule has 3 aromatic heterocycles. The van der Waals surface area contributed by atoms with Crippen LogP contribution in [-0.4, -0.2) is 37.1 Å². The molecule has 3 heterocycles. The van der Waals surface area contributed by atoms with Gasteiger partial charge in [0.05, 0.1) is 11.9 Å². The number of primary amides is 1. The van der Waals surface area contributed by atoms with Crippen LogP contribution in [0.1, 0.15) is 18.6 Å². The summed E-state index contributed by atoms with van der Waals surface area (Å²) in [6.07, 6.45) is -0.181. The molecule has 3 N–H and O–H groups in total. The van der Waals surface area contributed by atoms with E-state index in [4.69, 9.17) is 15.2 Å². The van der Waals surface area contributed by atoms with Gasteiger partial charge in [-0.1, -0.05) is 5.21 Å². The molecule has 0 bridgehead atoms. The zero-order chi connectivity index (χ0) is 21.8. The summed E-state index contributed by atoms with van der Waals surface area (Å²) in [5, 5.41) is 10.3. The number of aromatic nitrogens is 5. The fourth-order valence-corrected chi connectivity index (χ4v) is 2.79.